The molecule has 1 unspecified atom stereocenters. The average molecular weight is 270 g/mol. The van der Waals surface area contributed by atoms with E-state index >= 15 is 0 Å². The lowest BCUT2D eigenvalue weighted by atomic mass is 9.81. The second-order valence-corrected chi connectivity index (χ2v) is 4.71. The van der Waals surface area contributed by atoms with Crippen LogP contribution in [0.4, 0.5) is 0 Å². The first-order valence-electron chi connectivity index (χ1n) is 6.52. The predicted octanol–water partition coefficient (Wildman–Crippen LogP) is 1.83. The van der Waals surface area contributed by atoms with Crippen molar-refractivity contribution < 1.29 is 14.3 Å². The van der Waals surface area contributed by atoms with Crippen LogP contribution in [0.25, 0.3) is 0 Å². The minimum atomic E-state index is -0.232. The number of carbonyl (C=O) groups excluding carboxylic acids is 2. The number of ketones is 2. The largest absolute Gasteiger partial charge is 0.496 e. The van der Waals surface area contributed by atoms with Crippen LogP contribution in [0.3, 0.4) is 0 Å². The molecule has 2 aliphatic rings. The van der Waals surface area contributed by atoms with E-state index < -0.39 is 0 Å². The second-order valence-electron chi connectivity index (χ2n) is 4.71. The van der Waals surface area contributed by atoms with Crippen LogP contribution in [0.5, 0.6) is 0 Å². The fourth-order valence-corrected chi connectivity index (χ4v) is 2.59. The van der Waals surface area contributed by atoms with E-state index in [2.05, 4.69) is 10.3 Å². The van der Waals surface area contributed by atoms with Gasteiger partial charge in [-0.05, 0) is 13.0 Å². The van der Waals surface area contributed by atoms with E-state index in [0.717, 1.165) is 0 Å². The number of fused-ring (bicyclic) bond motifs is 1. The van der Waals surface area contributed by atoms with Gasteiger partial charge >= 0.3 is 0 Å². The highest BCUT2D eigenvalue weighted by molar-refractivity contribution is 6.27. The highest BCUT2D eigenvalue weighted by Crippen LogP contribution is 2.34. The molecule has 0 radical (unpaired) electrons. The van der Waals surface area contributed by atoms with Crippen LogP contribution in [-0.2, 0) is 4.74 Å². The van der Waals surface area contributed by atoms with Gasteiger partial charge in [-0.2, -0.15) is 0 Å². The van der Waals surface area contributed by atoms with E-state index in [1.807, 2.05) is 13.8 Å². The van der Waals surface area contributed by atoms with Crippen LogP contribution < -0.4 is 5.32 Å². The molecule has 1 aliphatic carbocycles. The van der Waals surface area contributed by atoms with Gasteiger partial charge in [-0.1, -0.05) is 6.92 Å². The molecular formula is C15H14N2O3. The molecule has 0 saturated carbocycles. The zero-order valence-electron chi connectivity index (χ0n) is 11.3. The summed E-state index contributed by atoms with van der Waals surface area (Å²) in [5.74, 6) is 0.109. The fraction of sp³-hybridized carbons (Fsp3) is 0.267. The summed E-state index contributed by atoms with van der Waals surface area (Å²) in [6.07, 6.45) is 4.61. The summed E-state index contributed by atoms with van der Waals surface area (Å²) in [5, 5.41) is 2.90. The third-order valence-electron chi connectivity index (χ3n) is 3.58. The van der Waals surface area contributed by atoms with E-state index in [4.69, 9.17) is 4.74 Å². The highest BCUT2D eigenvalue weighted by atomic mass is 16.5. The summed E-state index contributed by atoms with van der Waals surface area (Å²) < 4.78 is 5.50. The van der Waals surface area contributed by atoms with Gasteiger partial charge in [0.15, 0.2) is 5.78 Å². The number of hydrogen-bond acceptors (Lipinski definition) is 5. The quantitative estimate of drug-likeness (QED) is 0.888. The number of dihydropyridines is 1. The van der Waals surface area contributed by atoms with Gasteiger partial charge in [-0.15, -0.1) is 0 Å². The van der Waals surface area contributed by atoms with Crippen molar-refractivity contribution in [3.8, 4) is 0 Å². The summed E-state index contributed by atoms with van der Waals surface area (Å²) in [6.45, 7) is 4.27. The zero-order valence-corrected chi connectivity index (χ0v) is 11.3. The van der Waals surface area contributed by atoms with Crippen LogP contribution in [0, 0.1) is 5.92 Å². The maximum Gasteiger partial charge on any atom is 0.211 e. The van der Waals surface area contributed by atoms with Crippen molar-refractivity contribution >= 4 is 11.6 Å². The van der Waals surface area contributed by atoms with Gasteiger partial charge in [0, 0.05) is 35.6 Å². The third-order valence-corrected chi connectivity index (χ3v) is 3.58. The first-order chi connectivity index (χ1) is 9.65. The number of allylic oxidation sites excluding steroid dienone is 2. The summed E-state index contributed by atoms with van der Waals surface area (Å²) in [6, 6.07) is 1.59. The molecule has 0 fully saturated rings. The molecule has 2 heterocycles. The number of aromatic nitrogens is 1. The number of hydrogen-bond donors (Lipinski definition) is 1. The van der Waals surface area contributed by atoms with E-state index in [0.29, 0.717) is 34.8 Å². The summed E-state index contributed by atoms with van der Waals surface area (Å²) in [7, 11) is 0. The van der Waals surface area contributed by atoms with E-state index in [1.54, 1.807) is 12.3 Å². The van der Waals surface area contributed by atoms with Gasteiger partial charge in [0.05, 0.1) is 17.9 Å². The minimum Gasteiger partial charge on any atom is -0.496 e. The Morgan fingerprint density at radius 2 is 2.10 bits per heavy atom. The van der Waals surface area contributed by atoms with Gasteiger partial charge in [0.1, 0.15) is 5.76 Å². The Hall–Kier alpha value is -2.43. The molecule has 5 heteroatoms. The molecule has 5 nitrogen and oxygen atoms in total. The van der Waals surface area contributed by atoms with Crippen LogP contribution in [-0.4, -0.2) is 23.2 Å². The van der Waals surface area contributed by atoms with Crippen molar-refractivity contribution in [1.82, 2.24) is 10.3 Å². The maximum absolute atomic E-state index is 12.6. The fourth-order valence-electron chi connectivity index (χ4n) is 2.59. The van der Waals surface area contributed by atoms with Gasteiger partial charge in [-0.25, -0.2) is 0 Å². The second kappa shape index (κ2) is 4.59. The lowest BCUT2D eigenvalue weighted by Gasteiger charge is -2.29. The Morgan fingerprint density at radius 1 is 1.30 bits per heavy atom. The van der Waals surface area contributed by atoms with Crippen molar-refractivity contribution in [2.75, 3.05) is 6.61 Å². The average Bonchev–Trinajstić information content (AvgIpc) is 2.47. The maximum atomic E-state index is 12.6. The molecule has 0 spiro atoms. The number of carbonyl (C=O) groups is 2. The van der Waals surface area contributed by atoms with Crippen LogP contribution in [0.2, 0.25) is 0 Å². The molecule has 3 rings (SSSR count). The summed E-state index contributed by atoms with van der Waals surface area (Å²) >= 11 is 0. The lowest BCUT2D eigenvalue weighted by molar-refractivity contribution is 0.0951. The van der Waals surface area contributed by atoms with Crippen molar-refractivity contribution in [3.05, 3.63) is 52.8 Å². The first kappa shape index (κ1) is 12.6. The van der Waals surface area contributed by atoms with Crippen LogP contribution in [0.1, 0.15) is 34.6 Å². The molecule has 0 bridgehead atoms. The highest BCUT2D eigenvalue weighted by Gasteiger charge is 2.38. The number of rotatable bonds is 2. The number of nitrogens with zero attached hydrogens (tertiary/aromatic N) is 1. The number of nitrogens with one attached hydrogen (secondary N) is 1. The molecular weight excluding hydrogens is 256 g/mol. The Morgan fingerprint density at radius 3 is 2.85 bits per heavy atom. The Balaban J connectivity index is 2.09. The van der Waals surface area contributed by atoms with Gasteiger partial charge in [0.25, 0.3) is 0 Å². The first-order valence-corrected chi connectivity index (χ1v) is 6.52. The van der Waals surface area contributed by atoms with Gasteiger partial charge < -0.3 is 10.1 Å². The standard InChI is InChI=1S/C15H14N2O3/c1-3-20-11-7-17-13-12(8(11)2)14(18)9-4-5-16-6-10(9)15(13)19/h4-8,17H,3H2,1-2H3. The third kappa shape index (κ3) is 1.66. The van der Waals surface area contributed by atoms with E-state index in [9.17, 15) is 9.59 Å². The number of ether oxygens (including phenoxy) is 1. The van der Waals surface area contributed by atoms with E-state index in [1.165, 1.54) is 12.4 Å². The van der Waals surface area contributed by atoms with Crippen molar-refractivity contribution in [2.45, 2.75) is 13.8 Å². The zero-order chi connectivity index (χ0) is 14.3. The lowest BCUT2D eigenvalue weighted by Crippen LogP contribution is -2.35. The molecule has 20 heavy (non-hydrogen) atoms. The van der Waals surface area contributed by atoms with Crippen molar-refractivity contribution in [2.24, 2.45) is 5.92 Å². The molecule has 1 N–H and O–H groups in total. The van der Waals surface area contributed by atoms with Crippen molar-refractivity contribution in [3.63, 3.8) is 0 Å². The molecule has 1 aromatic rings. The molecule has 0 aromatic carbocycles. The topological polar surface area (TPSA) is 68.3 Å². The van der Waals surface area contributed by atoms with Crippen LogP contribution >= 0.6 is 0 Å². The number of Topliss-reactive ketones (excluding diaryl/α,β-unsaturated/α-hetero) is 2. The SMILES string of the molecule is CCOC1=CNC2=C(C(=O)c3ccncc3C2=O)C1C. The normalized spacial score (nSPS) is 20.9. The van der Waals surface area contributed by atoms with Gasteiger partial charge in [-0.3, -0.25) is 14.6 Å². The number of pyridine rings is 1. The molecule has 102 valence electrons. The molecule has 1 aliphatic heterocycles. The summed E-state index contributed by atoms with van der Waals surface area (Å²) in [4.78, 5) is 28.9. The summed E-state index contributed by atoms with van der Waals surface area (Å²) in [5.41, 5.74) is 1.57. The van der Waals surface area contributed by atoms with Crippen molar-refractivity contribution in [1.29, 1.82) is 0 Å². The smallest absolute Gasteiger partial charge is 0.211 e. The van der Waals surface area contributed by atoms with Crippen LogP contribution in [0.15, 0.2) is 41.7 Å². The Labute approximate surface area is 116 Å². The Bertz CT molecular complexity index is 673. The Kier molecular flexibility index (Phi) is 2.89. The van der Waals surface area contributed by atoms with Gasteiger partial charge in [0.2, 0.25) is 5.78 Å². The molecule has 0 amide bonds. The monoisotopic (exact) mass is 270 g/mol. The molecule has 1 aromatic heterocycles. The molecule has 1 atom stereocenters. The van der Waals surface area contributed by atoms with E-state index in [-0.39, 0.29) is 17.5 Å². The predicted molar refractivity (Wildman–Crippen MR) is 71.9 cm³/mol. The molecule has 0 saturated heterocycles. The minimum absolute atomic E-state index is 0.137.